The van der Waals surface area contributed by atoms with Crippen LogP contribution in [0.25, 0.3) is 0 Å². The summed E-state index contributed by atoms with van der Waals surface area (Å²) >= 11 is 0. The lowest BCUT2D eigenvalue weighted by Gasteiger charge is -1.95. The second-order valence-corrected chi connectivity index (χ2v) is 3.76. The maximum Gasteiger partial charge on any atom is 0.377 e. The molecule has 3 N–H and O–H groups in total. The minimum Gasteiger partial charge on any atom is -0.273 e. The summed E-state index contributed by atoms with van der Waals surface area (Å²) in [6.45, 7) is 0. The van der Waals surface area contributed by atoms with Gasteiger partial charge in [-0.3, -0.25) is 4.55 Å². The largest absolute Gasteiger partial charge is 0.377 e. The van der Waals surface area contributed by atoms with E-state index in [-0.39, 0.29) is 0 Å². The van der Waals surface area contributed by atoms with Crippen LogP contribution in [0.1, 0.15) is 0 Å². The second kappa shape index (κ2) is 2.77. The molecule has 0 aromatic carbocycles. The molecule has 0 bridgehead atoms. The maximum absolute atomic E-state index is 9.89. The Kier molecular flexibility index (Phi) is 2.70. The van der Waals surface area contributed by atoms with Crippen molar-refractivity contribution in [1.29, 1.82) is 0 Å². The SMILES string of the molecule is O=S(=O)(O)NS(=O)(=O)OO. The van der Waals surface area contributed by atoms with Crippen LogP contribution in [0.3, 0.4) is 0 Å². The Hall–Kier alpha value is -0.260. The van der Waals surface area contributed by atoms with E-state index in [1.54, 1.807) is 0 Å². The highest BCUT2D eigenvalue weighted by Gasteiger charge is 2.17. The summed E-state index contributed by atoms with van der Waals surface area (Å²) in [7, 11) is -9.73. The molecule has 0 aliphatic rings. The fraction of sp³-hybridized carbons (Fsp3) is 0. The molecule has 0 spiro atoms. The molecule has 0 radical (unpaired) electrons. The van der Waals surface area contributed by atoms with Gasteiger partial charge in [0.05, 0.1) is 0 Å². The normalized spacial score (nSPS) is 13.4. The topological polar surface area (TPSA) is 130 Å². The molecule has 0 unspecified atom stereocenters. The lowest BCUT2D eigenvalue weighted by atomic mass is 13.9. The molecule has 0 amide bonds. The van der Waals surface area contributed by atoms with Crippen LogP contribution >= 0.6 is 0 Å². The first kappa shape index (κ1) is 9.74. The van der Waals surface area contributed by atoms with Gasteiger partial charge in [0.15, 0.2) is 0 Å². The molecular weight excluding hydrogens is 190 g/mol. The van der Waals surface area contributed by atoms with Gasteiger partial charge in [-0.15, -0.1) is 0 Å². The van der Waals surface area contributed by atoms with Gasteiger partial charge in [0.2, 0.25) is 0 Å². The number of hydrogen-bond donors (Lipinski definition) is 3. The molecule has 0 atom stereocenters. The van der Waals surface area contributed by atoms with Gasteiger partial charge >= 0.3 is 20.6 Å². The minimum atomic E-state index is -4.92. The zero-order valence-electron chi connectivity index (χ0n) is 4.25. The Labute approximate surface area is 56.5 Å². The third-order valence-electron chi connectivity index (χ3n) is 0.305. The molecule has 62 valence electrons. The molecule has 0 fully saturated rings. The van der Waals surface area contributed by atoms with Gasteiger partial charge in [0.25, 0.3) is 0 Å². The van der Waals surface area contributed by atoms with Crippen LogP contribution in [0.5, 0.6) is 0 Å². The van der Waals surface area contributed by atoms with E-state index in [1.165, 1.54) is 0 Å². The van der Waals surface area contributed by atoms with E-state index in [0.717, 1.165) is 0 Å². The Morgan fingerprint density at radius 1 is 1.20 bits per heavy atom. The van der Waals surface area contributed by atoms with Crippen molar-refractivity contribution in [2.75, 3.05) is 0 Å². The smallest absolute Gasteiger partial charge is 0.273 e. The Balaban J connectivity index is 4.49. The van der Waals surface area contributed by atoms with Crippen LogP contribution in [0.4, 0.5) is 0 Å². The Morgan fingerprint density at radius 3 is 1.70 bits per heavy atom. The van der Waals surface area contributed by atoms with Crippen molar-refractivity contribution in [1.82, 2.24) is 4.13 Å². The van der Waals surface area contributed by atoms with Crippen molar-refractivity contribution in [3.8, 4) is 0 Å². The monoisotopic (exact) mass is 193 g/mol. The van der Waals surface area contributed by atoms with Crippen LogP contribution < -0.4 is 4.13 Å². The van der Waals surface area contributed by atoms with Crippen molar-refractivity contribution < 1.29 is 31.0 Å². The summed E-state index contributed by atoms with van der Waals surface area (Å²) < 4.78 is 50.1. The minimum absolute atomic E-state index is 0.573. The van der Waals surface area contributed by atoms with Gasteiger partial charge in [-0.05, 0) is 0 Å². The van der Waals surface area contributed by atoms with Crippen molar-refractivity contribution >= 4 is 20.6 Å². The fourth-order valence-electron chi connectivity index (χ4n) is 0.144. The van der Waals surface area contributed by atoms with Gasteiger partial charge in [0, 0.05) is 0 Å². The first-order valence-electron chi connectivity index (χ1n) is 1.61. The number of rotatable bonds is 3. The van der Waals surface area contributed by atoms with E-state index in [2.05, 4.69) is 4.33 Å². The lowest BCUT2D eigenvalue weighted by molar-refractivity contribution is -0.131. The lowest BCUT2D eigenvalue weighted by Crippen LogP contribution is -2.30. The van der Waals surface area contributed by atoms with E-state index in [9.17, 15) is 16.8 Å². The van der Waals surface area contributed by atoms with Gasteiger partial charge < -0.3 is 0 Å². The van der Waals surface area contributed by atoms with Crippen molar-refractivity contribution in [3.63, 3.8) is 0 Å². The zero-order chi connectivity index (χ0) is 8.41. The second-order valence-electron chi connectivity index (χ2n) is 1.09. The molecule has 0 heterocycles. The van der Waals surface area contributed by atoms with E-state index in [1.807, 2.05) is 0 Å². The van der Waals surface area contributed by atoms with Gasteiger partial charge in [-0.25, -0.2) is 5.26 Å². The summed E-state index contributed by atoms with van der Waals surface area (Å²) in [6.07, 6.45) is 0. The van der Waals surface area contributed by atoms with Crippen LogP contribution in [0.2, 0.25) is 0 Å². The molecule has 0 rings (SSSR count). The van der Waals surface area contributed by atoms with Gasteiger partial charge in [-0.2, -0.15) is 16.8 Å². The number of nitrogens with one attached hydrogen (secondary N) is 1. The fourth-order valence-corrected chi connectivity index (χ4v) is 1.30. The van der Waals surface area contributed by atoms with E-state index >= 15 is 0 Å². The van der Waals surface area contributed by atoms with Gasteiger partial charge in [0.1, 0.15) is 0 Å². The van der Waals surface area contributed by atoms with Crippen molar-refractivity contribution in [2.45, 2.75) is 0 Å². The first-order valence-corrected chi connectivity index (χ1v) is 4.46. The summed E-state index contributed by atoms with van der Waals surface area (Å²) in [4.78, 5) is 0. The summed E-state index contributed by atoms with van der Waals surface area (Å²) in [6, 6.07) is 0. The molecule has 8 nitrogen and oxygen atoms in total. The molecule has 10 heteroatoms. The third kappa shape index (κ3) is 4.60. The van der Waals surface area contributed by atoms with Crippen LogP contribution in [-0.2, 0) is 24.9 Å². The van der Waals surface area contributed by atoms with Crippen molar-refractivity contribution in [3.05, 3.63) is 0 Å². The van der Waals surface area contributed by atoms with Crippen LogP contribution in [-0.4, -0.2) is 26.6 Å². The van der Waals surface area contributed by atoms with Gasteiger partial charge in [-0.1, -0.05) is 8.46 Å². The highest BCUT2D eigenvalue weighted by atomic mass is 32.3. The number of hydrogen-bond acceptors (Lipinski definition) is 6. The van der Waals surface area contributed by atoms with E-state index in [4.69, 9.17) is 9.81 Å². The quantitative estimate of drug-likeness (QED) is 0.271. The highest BCUT2D eigenvalue weighted by Crippen LogP contribution is 1.84. The molecule has 0 saturated carbocycles. The average molecular weight is 193 g/mol. The molecule has 10 heavy (non-hydrogen) atoms. The highest BCUT2D eigenvalue weighted by molar-refractivity contribution is 7.99. The molecule has 0 aliphatic carbocycles. The summed E-state index contributed by atoms with van der Waals surface area (Å²) in [5, 5.41) is 7.43. The summed E-state index contributed by atoms with van der Waals surface area (Å²) in [5.41, 5.74) is 0. The molecule has 0 aliphatic heterocycles. The molecule has 0 aromatic rings. The molecule has 0 saturated heterocycles. The average Bonchev–Trinajstić information content (AvgIpc) is 1.60. The summed E-state index contributed by atoms with van der Waals surface area (Å²) in [5.74, 6) is 0. The predicted octanol–water partition coefficient (Wildman–Crippen LogP) is -1.89. The van der Waals surface area contributed by atoms with E-state index < -0.39 is 20.6 Å². The molecular formula is H3NO7S2. The predicted molar refractivity (Wildman–Crippen MR) is 27.3 cm³/mol. The standard InChI is InChI=1S/H3NO7S2/c2-8-10(6,7)1-9(3,4)5/h1-2H,(H,3,4,5). The van der Waals surface area contributed by atoms with Crippen LogP contribution in [0.15, 0.2) is 0 Å². The zero-order valence-corrected chi connectivity index (χ0v) is 5.89. The Bertz CT molecular complexity index is 280. The van der Waals surface area contributed by atoms with E-state index in [0.29, 0.717) is 4.13 Å². The Morgan fingerprint density at radius 2 is 1.60 bits per heavy atom. The first-order chi connectivity index (χ1) is 4.27. The maximum atomic E-state index is 9.89. The van der Waals surface area contributed by atoms with Crippen LogP contribution in [0, 0.1) is 0 Å². The molecule has 0 aromatic heterocycles. The third-order valence-corrected chi connectivity index (χ3v) is 2.16. The van der Waals surface area contributed by atoms with Crippen molar-refractivity contribution in [2.24, 2.45) is 0 Å².